The maximum atomic E-state index is 12.7. The first-order valence-corrected chi connectivity index (χ1v) is 13.1. The minimum Gasteiger partial charge on any atom is -0.379 e. The average Bonchev–Trinajstić information content (AvgIpc) is 3.45. The molecule has 2 aromatic rings. The van der Waals surface area contributed by atoms with Gasteiger partial charge in [0.05, 0.1) is 9.83 Å². The highest BCUT2D eigenvalue weighted by atomic mass is 32.2. The Balaban J connectivity index is 1.45. The molecule has 2 fully saturated rings. The van der Waals surface area contributed by atoms with E-state index in [1.807, 2.05) is 0 Å². The first kappa shape index (κ1) is 25.4. The van der Waals surface area contributed by atoms with Crippen molar-refractivity contribution in [3.63, 3.8) is 0 Å². The number of benzene rings is 2. The van der Waals surface area contributed by atoms with Gasteiger partial charge in [0.25, 0.3) is 16.8 Å². The second-order valence-electron chi connectivity index (χ2n) is 8.17. The molecule has 0 unspecified atom stereocenters. The van der Waals surface area contributed by atoms with Gasteiger partial charge in [0.2, 0.25) is 5.91 Å². The van der Waals surface area contributed by atoms with Gasteiger partial charge in [0, 0.05) is 24.7 Å². The summed E-state index contributed by atoms with van der Waals surface area (Å²) in [6, 6.07) is 9.17. The Kier molecular flexibility index (Phi) is 7.13. The maximum Gasteiger partial charge on any atom is 0.339 e. The molecule has 4 rings (SSSR count). The van der Waals surface area contributed by atoms with Crippen molar-refractivity contribution in [2.45, 2.75) is 24.7 Å². The summed E-state index contributed by atoms with van der Waals surface area (Å²) in [5, 5.41) is 10.6. The van der Waals surface area contributed by atoms with Crippen molar-refractivity contribution < 1.29 is 31.9 Å². The summed E-state index contributed by atoms with van der Waals surface area (Å²) in [4.78, 5) is 50.1. The third-order valence-corrected chi connectivity index (χ3v) is 7.83. The molecule has 2 aliphatic heterocycles. The molecule has 11 nitrogen and oxygen atoms in total. The fraction of sp³-hybridized carbons (Fsp3) is 0.261. The summed E-state index contributed by atoms with van der Waals surface area (Å²) in [5.74, 6) is -0.876. The van der Waals surface area contributed by atoms with Crippen LogP contribution in [0.25, 0.3) is 6.08 Å². The monoisotopic (exact) mass is 531 g/mol. The van der Waals surface area contributed by atoms with Crippen LogP contribution in [0.4, 0.5) is 10.5 Å². The van der Waals surface area contributed by atoms with Gasteiger partial charge in [-0.05, 0) is 61.4 Å². The minimum atomic E-state index is -4.33. The van der Waals surface area contributed by atoms with Gasteiger partial charge in [-0.3, -0.25) is 29.4 Å². The Morgan fingerprint density at radius 1 is 1.14 bits per heavy atom. The fourth-order valence-corrected chi connectivity index (χ4v) is 5.51. The van der Waals surface area contributed by atoms with Crippen LogP contribution < -0.4 is 4.18 Å². The number of hydrogen-bond acceptors (Lipinski definition) is 9. The van der Waals surface area contributed by atoms with Crippen molar-refractivity contribution in [3.8, 4) is 5.75 Å². The van der Waals surface area contributed by atoms with E-state index >= 15 is 0 Å². The SMILES string of the molecule is Cc1ccc(S(=O)(=O)Oc2ccc(/C=C3\SC(=O)N(CC(=O)N4CCCC4)C3=O)cc2)cc1[N+](=O)[O-]. The number of rotatable bonds is 7. The van der Waals surface area contributed by atoms with E-state index in [0.29, 0.717) is 24.2 Å². The van der Waals surface area contributed by atoms with Crippen LogP contribution in [-0.2, 0) is 19.7 Å². The van der Waals surface area contributed by atoms with Crippen molar-refractivity contribution in [2.24, 2.45) is 0 Å². The molecule has 2 saturated heterocycles. The van der Waals surface area contributed by atoms with Gasteiger partial charge in [-0.1, -0.05) is 18.2 Å². The number of nitrogens with zero attached hydrogens (tertiary/aromatic N) is 3. The van der Waals surface area contributed by atoms with E-state index in [-0.39, 0.29) is 33.7 Å². The van der Waals surface area contributed by atoms with Crippen molar-refractivity contribution in [2.75, 3.05) is 19.6 Å². The largest absolute Gasteiger partial charge is 0.379 e. The van der Waals surface area contributed by atoms with Crippen molar-refractivity contribution in [1.29, 1.82) is 0 Å². The van der Waals surface area contributed by atoms with E-state index in [9.17, 15) is 32.9 Å². The van der Waals surface area contributed by atoms with Gasteiger partial charge < -0.3 is 9.08 Å². The van der Waals surface area contributed by atoms with Crippen molar-refractivity contribution in [1.82, 2.24) is 9.80 Å². The first-order chi connectivity index (χ1) is 17.0. The lowest BCUT2D eigenvalue weighted by molar-refractivity contribution is -0.385. The predicted octanol–water partition coefficient (Wildman–Crippen LogP) is 3.33. The zero-order valence-corrected chi connectivity index (χ0v) is 20.7. The first-order valence-electron chi connectivity index (χ1n) is 10.9. The number of hydrogen-bond donors (Lipinski definition) is 0. The molecular weight excluding hydrogens is 510 g/mol. The molecule has 0 bridgehead atoms. The second kappa shape index (κ2) is 10.1. The van der Waals surface area contributed by atoms with E-state index in [4.69, 9.17) is 4.18 Å². The number of nitro groups is 1. The summed E-state index contributed by atoms with van der Waals surface area (Å²) >= 11 is 0.723. The number of likely N-dealkylation sites (tertiary alicyclic amines) is 1. The number of thioether (sulfide) groups is 1. The van der Waals surface area contributed by atoms with Gasteiger partial charge >= 0.3 is 10.1 Å². The van der Waals surface area contributed by atoms with E-state index in [1.165, 1.54) is 49.4 Å². The number of carbonyl (C=O) groups is 3. The topological polar surface area (TPSA) is 144 Å². The Hall–Kier alpha value is -3.71. The number of aryl methyl sites for hydroxylation is 1. The molecule has 0 N–H and O–H groups in total. The Labute approximate surface area is 211 Å². The van der Waals surface area contributed by atoms with E-state index < -0.39 is 26.2 Å². The predicted molar refractivity (Wildman–Crippen MR) is 131 cm³/mol. The van der Waals surface area contributed by atoms with Gasteiger partial charge in [0.1, 0.15) is 17.2 Å². The second-order valence-corrected chi connectivity index (χ2v) is 10.7. The quantitative estimate of drug-likeness (QED) is 0.227. The molecule has 0 radical (unpaired) electrons. The van der Waals surface area contributed by atoms with Crippen molar-refractivity contribution in [3.05, 3.63) is 68.6 Å². The number of imide groups is 1. The lowest BCUT2D eigenvalue weighted by Gasteiger charge is -2.18. The van der Waals surface area contributed by atoms with Gasteiger partial charge in [-0.25, -0.2) is 0 Å². The van der Waals surface area contributed by atoms with Gasteiger partial charge in [-0.15, -0.1) is 0 Å². The summed E-state index contributed by atoms with van der Waals surface area (Å²) in [7, 11) is -4.33. The fourth-order valence-electron chi connectivity index (χ4n) is 3.73. The third kappa shape index (κ3) is 5.41. The molecule has 3 amide bonds. The molecule has 0 atom stereocenters. The van der Waals surface area contributed by atoms with Gasteiger partial charge in [0.15, 0.2) is 0 Å². The Bertz CT molecular complexity index is 1380. The molecule has 36 heavy (non-hydrogen) atoms. The molecular formula is C23H21N3O8S2. The van der Waals surface area contributed by atoms with Crippen LogP contribution in [0.2, 0.25) is 0 Å². The lowest BCUT2D eigenvalue weighted by atomic mass is 10.2. The molecule has 0 aromatic heterocycles. The average molecular weight is 532 g/mol. The van der Waals surface area contributed by atoms with Crippen LogP contribution in [0.5, 0.6) is 5.75 Å². The van der Waals surface area contributed by atoms with Crippen LogP contribution in [-0.4, -0.2) is 59.8 Å². The summed E-state index contributed by atoms with van der Waals surface area (Å²) < 4.78 is 30.2. The summed E-state index contributed by atoms with van der Waals surface area (Å²) in [6.07, 6.45) is 3.27. The van der Waals surface area contributed by atoms with E-state index in [0.717, 1.165) is 35.6 Å². The smallest absolute Gasteiger partial charge is 0.339 e. The zero-order chi connectivity index (χ0) is 26.0. The van der Waals surface area contributed by atoms with E-state index in [1.54, 1.807) is 4.90 Å². The highest BCUT2D eigenvalue weighted by Gasteiger charge is 2.37. The normalized spacial score (nSPS) is 17.2. The van der Waals surface area contributed by atoms with Crippen LogP contribution in [0.1, 0.15) is 24.0 Å². The van der Waals surface area contributed by atoms with Crippen molar-refractivity contribution >= 4 is 50.7 Å². The number of amides is 3. The molecule has 0 aliphatic carbocycles. The Morgan fingerprint density at radius 2 is 1.81 bits per heavy atom. The van der Waals surface area contributed by atoms with E-state index in [2.05, 4.69) is 0 Å². The van der Waals surface area contributed by atoms with Gasteiger partial charge in [-0.2, -0.15) is 8.42 Å². The maximum absolute atomic E-state index is 12.7. The lowest BCUT2D eigenvalue weighted by Crippen LogP contribution is -2.40. The number of carbonyl (C=O) groups excluding carboxylic acids is 3. The molecule has 13 heteroatoms. The summed E-state index contributed by atoms with van der Waals surface area (Å²) in [5.41, 5.74) is 0.473. The summed E-state index contributed by atoms with van der Waals surface area (Å²) in [6.45, 7) is 2.43. The number of nitro benzene ring substituents is 1. The van der Waals surface area contributed by atoms with Crippen LogP contribution in [0, 0.1) is 17.0 Å². The minimum absolute atomic E-state index is 0.0420. The molecule has 2 aromatic carbocycles. The third-order valence-electron chi connectivity index (χ3n) is 5.68. The molecule has 188 valence electrons. The Morgan fingerprint density at radius 3 is 2.44 bits per heavy atom. The molecule has 0 spiro atoms. The van der Waals surface area contributed by atoms with Crippen LogP contribution >= 0.6 is 11.8 Å². The molecule has 2 aliphatic rings. The highest BCUT2D eigenvalue weighted by Crippen LogP contribution is 2.33. The standard InChI is InChI=1S/C23H21N3O8S2/c1-15-4-9-18(13-19(15)26(30)31)36(32,33)34-17-7-5-16(6-8-17)12-20-22(28)25(23(29)35-20)14-21(27)24-10-2-3-11-24/h4-9,12-13H,2-3,10-11,14H2,1H3/b20-12-. The van der Waals surface area contributed by atoms with Crippen LogP contribution in [0.15, 0.2) is 52.3 Å². The highest BCUT2D eigenvalue weighted by molar-refractivity contribution is 8.18. The molecule has 2 heterocycles. The zero-order valence-electron chi connectivity index (χ0n) is 19.1. The van der Waals surface area contributed by atoms with Crippen LogP contribution in [0.3, 0.4) is 0 Å². The molecule has 0 saturated carbocycles.